The van der Waals surface area contributed by atoms with Crippen LogP contribution in [0.3, 0.4) is 0 Å². The van der Waals surface area contributed by atoms with Crippen molar-refractivity contribution < 1.29 is 4.79 Å². The molecule has 2 rings (SSSR count). The smallest absolute Gasteiger partial charge is 0.221 e. The molecule has 18 heavy (non-hydrogen) atoms. The lowest BCUT2D eigenvalue weighted by Gasteiger charge is -2.05. The summed E-state index contributed by atoms with van der Waals surface area (Å²) in [5.74, 6) is -0.0302. The Labute approximate surface area is 114 Å². The predicted octanol–water partition coefficient (Wildman–Crippen LogP) is 2.50. The molecule has 0 aliphatic heterocycles. The second-order valence-corrected chi connectivity index (χ2v) is 5.77. The Kier molecular flexibility index (Phi) is 4.86. The average Bonchev–Trinajstić information content (AvgIpc) is 2.95. The molecule has 2 heterocycles. The number of nitrogens with one attached hydrogen (secondary N) is 2. The molecule has 0 atom stereocenters. The molecule has 2 aromatic heterocycles. The zero-order valence-corrected chi connectivity index (χ0v) is 11.7. The van der Waals surface area contributed by atoms with E-state index in [-0.39, 0.29) is 5.91 Å². The minimum absolute atomic E-state index is 0.0302. The normalized spacial score (nSPS) is 10.5. The summed E-state index contributed by atoms with van der Waals surface area (Å²) < 4.78 is 0. The van der Waals surface area contributed by atoms with Crippen LogP contribution in [-0.4, -0.2) is 17.4 Å². The fourth-order valence-corrected chi connectivity index (χ4v) is 2.97. The molecule has 0 radical (unpaired) electrons. The Morgan fingerprint density at radius 2 is 2.28 bits per heavy atom. The van der Waals surface area contributed by atoms with Crippen LogP contribution in [0.1, 0.15) is 16.8 Å². The number of carbonyl (C=O) groups excluding carboxylic acids is 1. The lowest BCUT2D eigenvalue weighted by molar-refractivity contribution is -0.114. The zero-order chi connectivity index (χ0) is 12.8. The van der Waals surface area contributed by atoms with Crippen molar-refractivity contribution in [3.05, 3.63) is 32.9 Å². The highest BCUT2D eigenvalue weighted by Crippen LogP contribution is 2.21. The van der Waals surface area contributed by atoms with Crippen molar-refractivity contribution in [3.8, 4) is 0 Å². The number of thiophene rings is 1. The first-order valence-electron chi connectivity index (χ1n) is 5.69. The number of rotatable bonds is 6. The SMILES string of the molecule is CC(=O)Nc1ccsc1CNCCc1nccs1. The van der Waals surface area contributed by atoms with Crippen LogP contribution in [0.4, 0.5) is 5.69 Å². The van der Waals surface area contributed by atoms with Crippen molar-refractivity contribution in [1.29, 1.82) is 0 Å². The Morgan fingerprint density at radius 1 is 1.39 bits per heavy atom. The third kappa shape index (κ3) is 3.90. The number of nitrogens with zero attached hydrogens (tertiary/aromatic N) is 1. The molecule has 0 saturated carbocycles. The molecule has 2 aromatic rings. The predicted molar refractivity (Wildman–Crippen MR) is 76.1 cm³/mol. The van der Waals surface area contributed by atoms with E-state index in [1.165, 1.54) is 6.92 Å². The number of carbonyl (C=O) groups is 1. The second-order valence-electron chi connectivity index (χ2n) is 3.79. The lowest BCUT2D eigenvalue weighted by atomic mass is 10.3. The largest absolute Gasteiger partial charge is 0.325 e. The first kappa shape index (κ1) is 13.2. The van der Waals surface area contributed by atoms with Crippen molar-refractivity contribution in [3.63, 3.8) is 0 Å². The Balaban J connectivity index is 1.76. The van der Waals surface area contributed by atoms with E-state index in [2.05, 4.69) is 15.6 Å². The molecule has 0 spiro atoms. The molecule has 0 aliphatic carbocycles. The van der Waals surface area contributed by atoms with E-state index < -0.39 is 0 Å². The van der Waals surface area contributed by atoms with E-state index in [0.717, 1.165) is 35.1 Å². The number of hydrogen-bond acceptors (Lipinski definition) is 5. The van der Waals surface area contributed by atoms with Gasteiger partial charge in [0.25, 0.3) is 0 Å². The fraction of sp³-hybridized carbons (Fsp3) is 0.333. The molecule has 2 N–H and O–H groups in total. The van der Waals surface area contributed by atoms with Crippen LogP contribution < -0.4 is 10.6 Å². The average molecular weight is 281 g/mol. The van der Waals surface area contributed by atoms with Gasteiger partial charge in [0.2, 0.25) is 5.91 Å². The van der Waals surface area contributed by atoms with E-state index in [9.17, 15) is 4.79 Å². The molecule has 6 heteroatoms. The van der Waals surface area contributed by atoms with Gasteiger partial charge < -0.3 is 10.6 Å². The van der Waals surface area contributed by atoms with Gasteiger partial charge in [-0.05, 0) is 11.4 Å². The van der Waals surface area contributed by atoms with Crippen molar-refractivity contribution in [2.45, 2.75) is 19.9 Å². The summed E-state index contributed by atoms with van der Waals surface area (Å²) in [6.07, 6.45) is 2.77. The Morgan fingerprint density at radius 3 is 3.00 bits per heavy atom. The first-order chi connectivity index (χ1) is 8.75. The maximum Gasteiger partial charge on any atom is 0.221 e. The molecule has 96 valence electrons. The monoisotopic (exact) mass is 281 g/mol. The lowest BCUT2D eigenvalue weighted by Crippen LogP contribution is -2.17. The van der Waals surface area contributed by atoms with Crippen LogP contribution in [0, 0.1) is 0 Å². The Bertz CT molecular complexity index is 493. The molecule has 0 saturated heterocycles. The quantitative estimate of drug-likeness (QED) is 0.800. The summed E-state index contributed by atoms with van der Waals surface area (Å²) in [5.41, 5.74) is 0.911. The number of thiazole rings is 1. The highest BCUT2D eigenvalue weighted by molar-refractivity contribution is 7.10. The van der Waals surface area contributed by atoms with E-state index in [4.69, 9.17) is 0 Å². The van der Waals surface area contributed by atoms with Crippen LogP contribution in [0.25, 0.3) is 0 Å². The maximum absolute atomic E-state index is 11.0. The number of hydrogen-bond donors (Lipinski definition) is 2. The van der Waals surface area contributed by atoms with Gasteiger partial charge in [-0.25, -0.2) is 4.98 Å². The van der Waals surface area contributed by atoms with Crippen molar-refractivity contribution in [2.24, 2.45) is 0 Å². The molecule has 4 nitrogen and oxygen atoms in total. The van der Waals surface area contributed by atoms with Gasteiger partial charge in [-0.15, -0.1) is 22.7 Å². The number of aromatic nitrogens is 1. The van der Waals surface area contributed by atoms with Crippen LogP contribution in [-0.2, 0) is 17.8 Å². The summed E-state index contributed by atoms with van der Waals surface area (Å²) in [6, 6.07) is 1.93. The highest BCUT2D eigenvalue weighted by Gasteiger charge is 2.05. The molecule has 0 aliphatic rings. The van der Waals surface area contributed by atoms with Crippen molar-refractivity contribution in [2.75, 3.05) is 11.9 Å². The summed E-state index contributed by atoms with van der Waals surface area (Å²) in [4.78, 5) is 16.4. The third-order valence-electron chi connectivity index (χ3n) is 2.34. The molecule has 0 unspecified atom stereocenters. The van der Waals surface area contributed by atoms with Gasteiger partial charge in [-0.3, -0.25) is 4.79 Å². The van der Waals surface area contributed by atoms with Gasteiger partial charge in [0.05, 0.1) is 10.7 Å². The van der Waals surface area contributed by atoms with E-state index >= 15 is 0 Å². The third-order valence-corrected chi connectivity index (χ3v) is 4.10. The molecule has 0 fully saturated rings. The molecule has 0 aromatic carbocycles. The summed E-state index contributed by atoms with van der Waals surface area (Å²) >= 11 is 3.33. The first-order valence-corrected chi connectivity index (χ1v) is 7.44. The maximum atomic E-state index is 11.0. The minimum Gasteiger partial charge on any atom is -0.325 e. The van der Waals surface area contributed by atoms with Crippen molar-refractivity contribution >= 4 is 34.3 Å². The fourth-order valence-electron chi connectivity index (χ4n) is 1.55. The molecule has 1 amide bonds. The zero-order valence-electron chi connectivity index (χ0n) is 10.1. The van der Waals surface area contributed by atoms with E-state index in [1.54, 1.807) is 22.7 Å². The summed E-state index contributed by atoms with van der Waals surface area (Å²) in [6.45, 7) is 3.20. The molecule has 0 bridgehead atoms. The standard InChI is InChI=1S/C12H15N3OS2/c1-9(16)15-10-3-6-17-11(10)8-13-4-2-12-14-5-7-18-12/h3,5-7,13H,2,4,8H2,1H3,(H,15,16). The van der Waals surface area contributed by atoms with Crippen LogP contribution >= 0.6 is 22.7 Å². The molecular weight excluding hydrogens is 266 g/mol. The van der Waals surface area contributed by atoms with Gasteiger partial charge in [-0.2, -0.15) is 0 Å². The minimum atomic E-state index is -0.0302. The van der Waals surface area contributed by atoms with Crippen LogP contribution in [0.5, 0.6) is 0 Å². The van der Waals surface area contributed by atoms with Gasteiger partial charge in [0, 0.05) is 42.9 Å². The van der Waals surface area contributed by atoms with Crippen LogP contribution in [0.15, 0.2) is 23.0 Å². The van der Waals surface area contributed by atoms with E-state index in [1.807, 2.05) is 23.0 Å². The van der Waals surface area contributed by atoms with Gasteiger partial charge >= 0.3 is 0 Å². The Hall–Kier alpha value is -1.24. The number of anilines is 1. The van der Waals surface area contributed by atoms with Crippen molar-refractivity contribution in [1.82, 2.24) is 10.3 Å². The highest BCUT2D eigenvalue weighted by atomic mass is 32.1. The van der Waals surface area contributed by atoms with Crippen LogP contribution in [0.2, 0.25) is 0 Å². The summed E-state index contributed by atoms with van der Waals surface area (Å²) in [7, 11) is 0. The second kappa shape index (κ2) is 6.63. The van der Waals surface area contributed by atoms with Gasteiger partial charge in [-0.1, -0.05) is 0 Å². The number of amides is 1. The van der Waals surface area contributed by atoms with Gasteiger partial charge in [0.15, 0.2) is 0 Å². The summed E-state index contributed by atoms with van der Waals surface area (Å²) in [5, 5.41) is 11.3. The van der Waals surface area contributed by atoms with E-state index in [0.29, 0.717) is 0 Å². The molecular formula is C12H15N3OS2. The van der Waals surface area contributed by atoms with Gasteiger partial charge in [0.1, 0.15) is 0 Å². The topological polar surface area (TPSA) is 54.0 Å².